The monoisotopic (exact) mass is 350 g/mol. The van der Waals surface area contributed by atoms with Crippen LogP contribution in [0, 0.1) is 12.8 Å². The third-order valence-corrected chi connectivity index (χ3v) is 5.75. The topological polar surface area (TPSA) is 32.8 Å². The highest BCUT2D eigenvalue weighted by Crippen LogP contribution is 2.34. The van der Waals surface area contributed by atoms with Crippen molar-refractivity contribution in [3.8, 4) is 5.75 Å². The molecule has 2 fully saturated rings. The predicted molar refractivity (Wildman–Crippen MR) is 98.1 cm³/mol. The number of anilines is 1. The molecule has 0 radical (unpaired) electrons. The molecule has 132 valence electrons. The van der Waals surface area contributed by atoms with Gasteiger partial charge in [0, 0.05) is 43.2 Å². The number of halogens is 1. The lowest BCUT2D eigenvalue weighted by atomic mass is 9.88. The average molecular weight is 351 g/mol. The summed E-state index contributed by atoms with van der Waals surface area (Å²) in [6.07, 6.45) is 5.84. The second-order valence-corrected chi connectivity index (χ2v) is 7.33. The van der Waals surface area contributed by atoms with Crippen molar-refractivity contribution < 1.29 is 9.53 Å². The molecule has 1 aromatic rings. The SMILES string of the molecule is COc1cc(Cl)c(C)cc1N1CCN(C(=O)C2CCCCC2)CC1. The van der Waals surface area contributed by atoms with Crippen molar-refractivity contribution in [2.24, 2.45) is 5.92 Å². The summed E-state index contributed by atoms with van der Waals surface area (Å²) in [5.74, 6) is 1.43. The minimum absolute atomic E-state index is 0.262. The van der Waals surface area contributed by atoms with Crippen LogP contribution < -0.4 is 9.64 Å². The standard InChI is InChI=1S/C19H27ClN2O2/c1-14-12-17(18(24-2)13-16(14)20)21-8-10-22(11-9-21)19(23)15-6-4-3-5-7-15/h12-13,15H,3-11H2,1-2H3. The van der Waals surface area contributed by atoms with E-state index < -0.39 is 0 Å². The van der Waals surface area contributed by atoms with E-state index in [4.69, 9.17) is 16.3 Å². The molecule has 1 saturated heterocycles. The Bertz CT molecular complexity index is 591. The van der Waals surface area contributed by atoms with Crippen LogP contribution in [0.15, 0.2) is 12.1 Å². The number of amides is 1. The molecule has 3 rings (SSSR count). The van der Waals surface area contributed by atoms with Gasteiger partial charge >= 0.3 is 0 Å². The van der Waals surface area contributed by atoms with E-state index in [2.05, 4.69) is 15.9 Å². The first-order chi connectivity index (χ1) is 11.6. The van der Waals surface area contributed by atoms with Gasteiger partial charge in [0.05, 0.1) is 12.8 Å². The molecule has 24 heavy (non-hydrogen) atoms. The predicted octanol–water partition coefficient (Wildman–Crippen LogP) is 3.89. The first-order valence-electron chi connectivity index (χ1n) is 8.98. The van der Waals surface area contributed by atoms with Crippen molar-refractivity contribution in [3.05, 3.63) is 22.7 Å². The van der Waals surface area contributed by atoms with E-state index in [9.17, 15) is 4.79 Å². The zero-order valence-electron chi connectivity index (χ0n) is 14.7. The van der Waals surface area contributed by atoms with Crippen molar-refractivity contribution in [2.75, 3.05) is 38.2 Å². The fraction of sp³-hybridized carbons (Fsp3) is 0.632. The number of ether oxygens (including phenoxy) is 1. The Hall–Kier alpha value is -1.42. The summed E-state index contributed by atoms with van der Waals surface area (Å²) >= 11 is 6.20. The molecule has 2 aliphatic rings. The number of carbonyl (C=O) groups excluding carboxylic acids is 1. The number of aryl methyl sites for hydroxylation is 1. The van der Waals surface area contributed by atoms with E-state index in [1.165, 1.54) is 19.3 Å². The maximum atomic E-state index is 12.7. The highest BCUT2D eigenvalue weighted by Gasteiger charge is 2.29. The van der Waals surface area contributed by atoms with E-state index in [0.717, 1.165) is 61.0 Å². The van der Waals surface area contributed by atoms with Crippen molar-refractivity contribution in [3.63, 3.8) is 0 Å². The number of hydrogen-bond donors (Lipinski definition) is 0. The molecule has 1 amide bonds. The summed E-state index contributed by atoms with van der Waals surface area (Å²) in [7, 11) is 1.67. The van der Waals surface area contributed by atoms with Gasteiger partial charge in [0.15, 0.2) is 0 Å². The smallest absolute Gasteiger partial charge is 0.225 e. The van der Waals surface area contributed by atoms with E-state index in [1.54, 1.807) is 7.11 Å². The van der Waals surface area contributed by atoms with Crippen LogP contribution >= 0.6 is 11.6 Å². The number of carbonyl (C=O) groups is 1. The Morgan fingerprint density at radius 2 is 1.79 bits per heavy atom. The Morgan fingerprint density at radius 3 is 2.42 bits per heavy atom. The van der Waals surface area contributed by atoms with E-state index in [0.29, 0.717) is 5.91 Å². The van der Waals surface area contributed by atoms with Crippen LogP contribution in [0.5, 0.6) is 5.75 Å². The largest absolute Gasteiger partial charge is 0.495 e. The number of piperazine rings is 1. The van der Waals surface area contributed by atoms with Crippen LogP contribution in [0.2, 0.25) is 5.02 Å². The van der Waals surface area contributed by atoms with Crippen LogP contribution in [-0.2, 0) is 4.79 Å². The molecular formula is C19H27ClN2O2. The van der Waals surface area contributed by atoms with Crippen molar-refractivity contribution in [1.82, 2.24) is 4.90 Å². The molecule has 0 bridgehead atoms. The highest BCUT2D eigenvalue weighted by atomic mass is 35.5. The number of methoxy groups -OCH3 is 1. The molecule has 5 heteroatoms. The van der Waals surface area contributed by atoms with Gasteiger partial charge in [-0.25, -0.2) is 0 Å². The summed E-state index contributed by atoms with van der Waals surface area (Å²) < 4.78 is 5.50. The summed E-state index contributed by atoms with van der Waals surface area (Å²) in [5.41, 5.74) is 2.12. The zero-order chi connectivity index (χ0) is 17.1. The maximum absolute atomic E-state index is 12.7. The zero-order valence-corrected chi connectivity index (χ0v) is 15.4. The van der Waals surface area contributed by atoms with Gasteiger partial charge in [0.25, 0.3) is 0 Å². The molecule has 0 unspecified atom stereocenters. The molecule has 1 saturated carbocycles. The van der Waals surface area contributed by atoms with Crippen molar-refractivity contribution in [2.45, 2.75) is 39.0 Å². The van der Waals surface area contributed by atoms with E-state index in [-0.39, 0.29) is 5.92 Å². The van der Waals surface area contributed by atoms with Gasteiger partial charge < -0.3 is 14.5 Å². The van der Waals surface area contributed by atoms with Gasteiger partial charge in [-0.05, 0) is 31.4 Å². The fourth-order valence-electron chi connectivity index (χ4n) is 3.83. The van der Waals surface area contributed by atoms with Gasteiger partial charge in [0.2, 0.25) is 5.91 Å². The van der Waals surface area contributed by atoms with Crippen LogP contribution in [0.3, 0.4) is 0 Å². The first-order valence-corrected chi connectivity index (χ1v) is 9.36. The number of nitrogens with zero attached hydrogens (tertiary/aromatic N) is 2. The summed E-state index contributed by atoms with van der Waals surface area (Å²) in [6, 6.07) is 3.96. The first kappa shape index (κ1) is 17.4. The quantitative estimate of drug-likeness (QED) is 0.829. The number of benzene rings is 1. The van der Waals surface area contributed by atoms with E-state index >= 15 is 0 Å². The lowest BCUT2D eigenvalue weighted by Crippen LogP contribution is -2.50. The molecule has 1 aliphatic carbocycles. The Labute approximate surface area is 149 Å². The lowest BCUT2D eigenvalue weighted by Gasteiger charge is -2.38. The second-order valence-electron chi connectivity index (χ2n) is 6.92. The molecule has 1 aliphatic heterocycles. The molecule has 1 heterocycles. The summed E-state index contributed by atoms with van der Waals surface area (Å²) in [4.78, 5) is 17.0. The minimum atomic E-state index is 0.262. The van der Waals surface area contributed by atoms with Crippen LogP contribution in [0.4, 0.5) is 5.69 Å². The normalized spacial score (nSPS) is 19.5. The maximum Gasteiger partial charge on any atom is 0.225 e. The summed E-state index contributed by atoms with van der Waals surface area (Å²) in [5, 5.41) is 0.724. The van der Waals surface area contributed by atoms with Gasteiger partial charge in [-0.15, -0.1) is 0 Å². The van der Waals surface area contributed by atoms with Gasteiger partial charge in [-0.3, -0.25) is 4.79 Å². The second kappa shape index (κ2) is 7.64. The fourth-order valence-corrected chi connectivity index (χ4v) is 3.99. The van der Waals surface area contributed by atoms with Gasteiger partial charge in [-0.2, -0.15) is 0 Å². The molecular weight excluding hydrogens is 324 g/mol. The number of hydrogen-bond acceptors (Lipinski definition) is 3. The molecule has 0 N–H and O–H groups in total. The molecule has 0 atom stereocenters. The van der Waals surface area contributed by atoms with Crippen LogP contribution in [0.25, 0.3) is 0 Å². The highest BCUT2D eigenvalue weighted by molar-refractivity contribution is 6.31. The van der Waals surface area contributed by atoms with Gasteiger partial charge in [0.1, 0.15) is 5.75 Å². The molecule has 0 aromatic heterocycles. The molecule has 1 aromatic carbocycles. The third-order valence-electron chi connectivity index (χ3n) is 5.35. The van der Waals surface area contributed by atoms with Crippen molar-refractivity contribution >= 4 is 23.2 Å². The third kappa shape index (κ3) is 3.64. The molecule has 0 spiro atoms. The molecule has 4 nitrogen and oxygen atoms in total. The lowest BCUT2D eigenvalue weighted by molar-refractivity contribution is -0.136. The minimum Gasteiger partial charge on any atom is -0.495 e. The Morgan fingerprint density at radius 1 is 1.12 bits per heavy atom. The van der Waals surface area contributed by atoms with Crippen LogP contribution in [0.1, 0.15) is 37.7 Å². The van der Waals surface area contributed by atoms with Crippen molar-refractivity contribution in [1.29, 1.82) is 0 Å². The summed E-state index contributed by atoms with van der Waals surface area (Å²) in [6.45, 7) is 5.28. The Balaban J connectivity index is 1.64. The van der Waals surface area contributed by atoms with E-state index in [1.807, 2.05) is 13.0 Å². The van der Waals surface area contributed by atoms with Crippen LogP contribution in [-0.4, -0.2) is 44.1 Å². The number of rotatable bonds is 3. The Kier molecular flexibility index (Phi) is 5.54. The van der Waals surface area contributed by atoms with Gasteiger partial charge in [-0.1, -0.05) is 30.9 Å². The average Bonchev–Trinajstić information content (AvgIpc) is 2.64.